The Kier molecular flexibility index (Phi) is 5.06. The van der Waals surface area contributed by atoms with Crippen LogP contribution in [0.25, 0.3) is 0 Å². The molecule has 2 aliphatic heterocycles. The predicted molar refractivity (Wildman–Crippen MR) is 96.6 cm³/mol. The van der Waals surface area contributed by atoms with Gasteiger partial charge in [0.25, 0.3) is 10.1 Å². The van der Waals surface area contributed by atoms with Gasteiger partial charge < -0.3 is 9.64 Å². The number of β-lactam (4-membered cyclic amide) rings is 1. The average molecular weight is 399 g/mol. The number of hydrogen-bond acceptors (Lipinski definition) is 7. The molecule has 1 amide bonds. The summed E-state index contributed by atoms with van der Waals surface area (Å²) < 4.78 is 32.0. The number of rotatable bonds is 6. The minimum absolute atomic E-state index is 0.143. The monoisotopic (exact) mass is 399 g/mol. The lowest BCUT2D eigenvalue weighted by Gasteiger charge is -2.43. The Hall–Kier alpha value is -1.58. The third kappa shape index (κ3) is 3.74. The zero-order valence-electron chi connectivity index (χ0n) is 14.7. The van der Waals surface area contributed by atoms with Crippen molar-refractivity contribution in [3.63, 3.8) is 0 Å². The second-order valence-corrected chi connectivity index (χ2v) is 10.4. The van der Waals surface area contributed by atoms with E-state index < -0.39 is 32.8 Å². The van der Waals surface area contributed by atoms with Gasteiger partial charge in [-0.15, -0.1) is 11.8 Å². The molecule has 1 aromatic rings. The number of benzene rings is 1. The Morgan fingerprint density at radius 2 is 1.92 bits per heavy atom. The van der Waals surface area contributed by atoms with Gasteiger partial charge in [-0.05, 0) is 19.4 Å². The van der Waals surface area contributed by atoms with Crippen molar-refractivity contribution >= 4 is 33.8 Å². The molecule has 0 spiro atoms. The van der Waals surface area contributed by atoms with E-state index in [1.807, 2.05) is 44.2 Å². The molecule has 0 aromatic heterocycles. The third-order valence-electron chi connectivity index (χ3n) is 4.46. The molecule has 2 fully saturated rings. The summed E-state index contributed by atoms with van der Waals surface area (Å²) in [6.07, 6.45) is 0.948. The molecular formula is C17H21NO6S2. The second-order valence-electron chi connectivity index (χ2n) is 6.95. The number of esters is 1. The van der Waals surface area contributed by atoms with Crippen LogP contribution in [0.3, 0.4) is 0 Å². The van der Waals surface area contributed by atoms with Crippen molar-refractivity contribution < 1.29 is 26.9 Å². The number of amides is 1. The number of nitrogens with zero attached hydrogens (tertiary/aromatic N) is 1. The van der Waals surface area contributed by atoms with Gasteiger partial charge in [0.2, 0.25) is 5.91 Å². The molecule has 0 saturated carbocycles. The molecule has 2 heterocycles. The predicted octanol–water partition coefficient (Wildman–Crippen LogP) is 1.38. The lowest BCUT2D eigenvalue weighted by Crippen LogP contribution is -2.63. The van der Waals surface area contributed by atoms with Crippen LogP contribution in [0, 0.1) is 5.92 Å². The van der Waals surface area contributed by atoms with E-state index in [4.69, 9.17) is 8.92 Å². The molecule has 142 valence electrons. The SMILES string of the molecule is CC1(C)S[C@@H]2[C@H](COS(C)(=O)=O)C(=O)N2[C@H]1C(=O)OCc1ccccc1. The first-order valence-electron chi connectivity index (χ1n) is 8.15. The topological polar surface area (TPSA) is 90.0 Å². The molecule has 0 aliphatic carbocycles. The van der Waals surface area contributed by atoms with E-state index in [0.29, 0.717) is 0 Å². The van der Waals surface area contributed by atoms with Gasteiger partial charge in [-0.3, -0.25) is 8.98 Å². The van der Waals surface area contributed by atoms with Gasteiger partial charge in [0.1, 0.15) is 12.6 Å². The van der Waals surface area contributed by atoms with Crippen LogP contribution >= 0.6 is 11.8 Å². The summed E-state index contributed by atoms with van der Waals surface area (Å²) in [5.74, 6) is -1.30. The largest absolute Gasteiger partial charge is 0.459 e. The van der Waals surface area contributed by atoms with Gasteiger partial charge in [-0.25, -0.2) is 4.79 Å². The normalized spacial score (nSPS) is 27.0. The van der Waals surface area contributed by atoms with Crippen LogP contribution in [0.2, 0.25) is 0 Å². The fourth-order valence-electron chi connectivity index (χ4n) is 3.23. The van der Waals surface area contributed by atoms with Crippen molar-refractivity contribution in [3.8, 4) is 0 Å². The Bertz CT molecular complexity index is 808. The summed E-state index contributed by atoms with van der Waals surface area (Å²) in [5, 5.41) is -0.284. The third-order valence-corrected chi connectivity index (χ3v) is 6.65. The van der Waals surface area contributed by atoms with E-state index in [9.17, 15) is 18.0 Å². The van der Waals surface area contributed by atoms with Gasteiger partial charge in [0.05, 0.1) is 24.2 Å². The van der Waals surface area contributed by atoms with Crippen LogP contribution in [0.5, 0.6) is 0 Å². The number of ether oxygens (including phenoxy) is 1. The summed E-state index contributed by atoms with van der Waals surface area (Å²) in [4.78, 5) is 26.6. The molecule has 7 nitrogen and oxygen atoms in total. The first-order valence-corrected chi connectivity index (χ1v) is 10.8. The van der Waals surface area contributed by atoms with Crippen LogP contribution in [-0.4, -0.2) is 54.2 Å². The van der Waals surface area contributed by atoms with Crippen LogP contribution in [0.4, 0.5) is 0 Å². The minimum atomic E-state index is -3.62. The van der Waals surface area contributed by atoms with Gasteiger partial charge in [0, 0.05) is 4.75 Å². The summed E-state index contributed by atoms with van der Waals surface area (Å²) >= 11 is 1.47. The number of carbonyl (C=O) groups is 2. The van der Waals surface area contributed by atoms with Crippen LogP contribution in [0.15, 0.2) is 30.3 Å². The molecule has 2 saturated heterocycles. The molecule has 3 rings (SSSR count). The van der Waals surface area contributed by atoms with Crippen molar-refractivity contribution in [1.29, 1.82) is 0 Å². The molecule has 1 aromatic carbocycles. The molecule has 0 radical (unpaired) electrons. The molecular weight excluding hydrogens is 378 g/mol. The zero-order valence-corrected chi connectivity index (χ0v) is 16.4. The second kappa shape index (κ2) is 6.86. The first-order chi connectivity index (χ1) is 12.1. The first kappa shape index (κ1) is 19.2. The highest BCUT2D eigenvalue weighted by atomic mass is 32.2. The summed E-state index contributed by atoms with van der Waals surface area (Å²) in [6, 6.07) is 8.61. The van der Waals surface area contributed by atoms with Gasteiger partial charge in [-0.2, -0.15) is 8.42 Å². The van der Waals surface area contributed by atoms with Crippen molar-refractivity contribution in [3.05, 3.63) is 35.9 Å². The van der Waals surface area contributed by atoms with Crippen molar-refractivity contribution in [2.75, 3.05) is 12.9 Å². The van der Waals surface area contributed by atoms with E-state index >= 15 is 0 Å². The van der Waals surface area contributed by atoms with Gasteiger partial charge >= 0.3 is 5.97 Å². The number of hydrogen-bond donors (Lipinski definition) is 0. The van der Waals surface area contributed by atoms with E-state index in [1.54, 1.807) is 0 Å². The highest BCUT2D eigenvalue weighted by Gasteiger charge is 2.64. The summed E-state index contributed by atoms with van der Waals surface area (Å²) in [7, 11) is -3.62. The number of carbonyl (C=O) groups excluding carboxylic acids is 2. The van der Waals surface area contributed by atoms with Crippen LogP contribution in [0.1, 0.15) is 19.4 Å². The minimum Gasteiger partial charge on any atom is -0.459 e. The number of thioether (sulfide) groups is 1. The Labute approximate surface area is 157 Å². The quantitative estimate of drug-likeness (QED) is 0.406. The lowest BCUT2D eigenvalue weighted by molar-refractivity contribution is -0.168. The smallest absolute Gasteiger partial charge is 0.330 e. The Balaban J connectivity index is 1.67. The molecule has 0 N–H and O–H groups in total. The van der Waals surface area contributed by atoms with Crippen molar-refractivity contribution in [1.82, 2.24) is 4.90 Å². The fourth-order valence-corrected chi connectivity index (χ4v) is 5.28. The summed E-state index contributed by atoms with van der Waals surface area (Å²) in [6.45, 7) is 3.70. The molecule has 3 atom stereocenters. The van der Waals surface area contributed by atoms with E-state index in [1.165, 1.54) is 16.7 Å². The summed E-state index contributed by atoms with van der Waals surface area (Å²) in [5.41, 5.74) is 0.871. The van der Waals surface area contributed by atoms with Gasteiger partial charge in [-0.1, -0.05) is 30.3 Å². The highest BCUT2D eigenvalue weighted by Crippen LogP contribution is 2.53. The Morgan fingerprint density at radius 3 is 2.54 bits per heavy atom. The molecule has 0 bridgehead atoms. The average Bonchev–Trinajstić information content (AvgIpc) is 2.80. The number of fused-ring (bicyclic) bond motifs is 1. The molecule has 26 heavy (non-hydrogen) atoms. The maximum absolute atomic E-state index is 12.6. The van der Waals surface area contributed by atoms with Crippen molar-refractivity contribution in [2.24, 2.45) is 5.92 Å². The van der Waals surface area contributed by atoms with Crippen LogP contribution < -0.4 is 0 Å². The molecule has 2 aliphatic rings. The van der Waals surface area contributed by atoms with Crippen LogP contribution in [-0.2, 0) is 35.2 Å². The van der Waals surface area contributed by atoms with Gasteiger partial charge in [0.15, 0.2) is 0 Å². The fraction of sp³-hybridized carbons (Fsp3) is 0.529. The standard InChI is InChI=1S/C17H21NO6S2/c1-17(2)13(16(20)23-9-11-7-5-4-6-8-11)18-14(19)12(15(18)25-17)10-24-26(3,21)22/h4-8,12-13,15H,9-10H2,1-3H3/t12-,13+,15-/m1/s1. The van der Waals surface area contributed by atoms with E-state index in [0.717, 1.165) is 11.8 Å². The Morgan fingerprint density at radius 1 is 1.27 bits per heavy atom. The lowest BCUT2D eigenvalue weighted by atomic mass is 9.92. The van der Waals surface area contributed by atoms with Crippen molar-refractivity contribution in [2.45, 2.75) is 36.6 Å². The van der Waals surface area contributed by atoms with E-state index in [-0.39, 0.29) is 24.5 Å². The van der Waals surface area contributed by atoms with E-state index in [2.05, 4.69) is 0 Å². The molecule has 0 unspecified atom stereocenters. The maximum atomic E-state index is 12.6. The molecule has 9 heteroatoms. The maximum Gasteiger partial charge on any atom is 0.330 e. The highest BCUT2D eigenvalue weighted by molar-refractivity contribution is 8.01. The zero-order chi connectivity index (χ0) is 19.1.